The van der Waals surface area contributed by atoms with Crippen LogP contribution in [-0.4, -0.2) is 29.5 Å². The Balaban J connectivity index is 1.93. The quantitative estimate of drug-likeness (QED) is 0.455. The molecule has 0 radical (unpaired) electrons. The van der Waals surface area contributed by atoms with Crippen LogP contribution in [0.25, 0.3) is 10.2 Å². The van der Waals surface area contributed by atoms with Crippen LogP contribution in [0.4, 0.5) is 0 Å². The highest BCUT2D eigenvalue weighted by Gasteiger charge is 2.24. The molecule has 0 bridgehead atoms. The maximum Gasteiger partial charge on any atom is 0.263 e. The molecule has 1 aliphatic carbocycles. The highest BCUT2D eigenvalue weighted by molar-refractivity contribution is 7.99. The van der Waals surface area contributed by atoms with Gasteiger partial charge in [-0.05, 0) is 44.1 Å². The molecule has 138 valence electrons. The van der Waals surface area contributed by atoms with Gasteiger partial charge in [-0.15, -0.1) is 11.3 Å². The lowest BCUT2D eigenvalue weighted by molar-refractivity contribution is 0.509. The van der Waals surface area contributed by atoms with E-state index < -0.39 is 10.0 Å². The minimum atomic E-state index is -3.44. The molecule has 25 heavy (non-hydrogen) atoms. The number of primary sulfonamides is 1. The van der Waals surface area contributed by atoms with Crippen molar-refractivity contribution in [3.8, 4) is 0 Å². The number of aromatic nitrogens is 2. The largest absolute Gasteiger partial charge is 0.287 e. The maximum atomic E-state index is 13.0. The van der Waals surface area contributed by atoms with Gasteiger partial charge in [-0.1, -0.05) is 18.7 Å². The number of hydrogen-bond donors (Lipinski definition) is 1. The lowest BCUT2D eigenvalue weighted by atomic mass is 9.89. The topological polar surface area (TPSA) is 95.1 Å². The molecule has 1 unspecified atom stereocenters. The lowest BCUT2D eigenvalue weighted by Crippen LogP contribution is -2.23. The van der Waals surface area contributed by atoms with Crippen LogP contribution in [0.2, 0.25) is 0 Å². The summed E-state index contributed by atoms with van der Waals surface area (Å²) in [5.74, 6) is 1.17. The predicted octanol–water partition coefficient (Wildman–Crippen LogP) is 2.37. The van der Waals surface area contributed by atoms with Crippen molar-refractivity contribution < 1.29 is 8.42 Å². The van der Waals surface area contributed by atoms with Crippen molar-refractivity contribution in [1.82, 2.24) is 9.55 Å². The minimum Gasteiger partial charge on any atom is -0.287 e. The van der Waals surface area contributed by atoms with E-state index in [0.717, 1.165) is 29.5 Å². The van der Waals surface area contributed by atoms with Crippen molar-refractivity contribution >= 4 is 43.3 Å². The van der Waals surface area contributed by atoms with E-state index in [1.165, 1.54) is 22.2 Å². The smallest absolute Gasteiger partial charge is 0.263 e. The molecule has 2 aromatic rings. The third kappa shape index (κ3) is 4.10. The monoisotopic (exact) mass is 401 g/mol. The second kappa shape index (κ2) is 7.38. The van der Waals surface area contributed by atoms with Crippen LogP contribution < -0.4 is 10.7 Å². The number of nitrogens with two attached hydrogens (primary N) is 1. The van der Waals surface area contributed by atoms with E-state index in [4.69, 9.17) is 10.1 Å². The summed E-state index contributed by atoms with van der Waals surface area (Å²) < 4.78 is 23.8. The zero-order valence-corrected chi connectivity index (χ0v) is 16.9. The van der Waals surface area contributed by atoms with Gasteiger partial charge in [-0.3, -0.25) is 9.36 Å². The Morgan fingerprint density at radius 2 is 2.20 bits per heavy atom. The van der Waals surface area contributed by atoms with E-state index in [1.54, 1.807) is 15.9 Å². The summed E-state index contributed by atoms with van der Waals surface area (Å²) in [4.78, 5) is 19.8. The number of sulfonamides is 1. The fourth-order valence-corrected chi connectivity index (χ4v) is 6.37. The number of thioether (sulfide) groups is 1. The molecule has 2 N–H and O–H groups in total. The zero-order valence-electron chi connectivity index (χ0n) is 14.4. The first kappa shape index (κ1) is 18.9. The first-order valence-electron chi connectivity index (χ1n) is 8.48. The molecule has 0 aliphatic heterocycles. The molecule has 0 fully saturated rings. The fourth-order valence-electron chi connectivity index (χ4n) is 3.22. The summed E-state index contributed by atoms with van der Waals surface area (Å²) >= 11 is 3.07. The molecule has 1 aliphatic rings. The lowest BCUT2D eigenvalue weighted by Gasteiger charge is -2.17. The molecule has 0 saturated heterocycles. The standard InChI is InChI=1S/C16H23N3O3S3/c1-3-19-15(20)13-11-6-5-10(2)9-12(11)24-14(13)18-16(19)23-7-4-8-25(17,21)22/h10H,3-9H2,1-2H3,(H2,17,21,22). The molecule has 6 nitrogen and oxygen atoms in total. The number of thiophene rings is 1. The highest BCUT2D eigenvalue weighted by atomic mass is 32.2. The number of rotatable bonds is 6. The highest BCUT2D eigenvalue weighted by Crippen LogP contribution is 2.36. The second-order valence-corrected chi connectivity index (χ2v) is 10.4. The van der Waals surface area contributed by atoms with Crippen molar-refractivity contribution in [2.24, 2.45) is 11.1 Å². The molecule has 2 heterocycles. The van der Waals surface area contributed by atoms with E-state index >= 15 is 0 Å². The average Bonchev–Trinajstić information content (AvgIpc) is 2.88. The van der Waals surface area contributed by atoms with Crippen molar-refractivity contribution in [3.05, 3.63) is 20.8 Å². The predicted molar refractivity (Wildman–Crippen MR) is 104 cm³/mol. The Hall–Kier alpha value is -0.900. The Kier molecular flexibility index (Phi) is 5.57. The van der Waals surface area contributed by atoms with E-state index in [0.29, 0.717) is 29.8 Å². The molecule has 1 atom stereocenters. The van der Waals surface area contributed by atoms with Gasteiger partial charge in [0.25, 0.3) is 5.56 Å². The molecule has 0 spiro atoms. The summed E-state index contributed by atoms with van der Waals surface area (Å²) in [5.41, 5.74) is 1.23. The van der Waals surface area contributed by atoms with Gasteiger partial charge in [-0.25, -0.2) is 18.5 Å². The van der Waals surface area contributed by atoms with Crippen LogP contribution in [-0.2, 0) is 29.4 Å². The van der Waals surface area contributed by atoms with Crippen LogP contribution in [0, 0.1) is 5.92 Å². The average molecular weight is 402 g/mol. The van der Waals surface area contributed by atoms with E-state index in [-0.39, 0.29) is 11.3 Å². The fraction of sp³-hybridized carbons (Fsp3) is 0.625. The van der Waals surface area contributed by atoms with Crippen LogP contribution in [0.3, 0.4) is 0 Å². The van der Waals surface area contributed by atoms with Gasteiger partial charge < -0.3 is 0 Å². The molecule has 9 heteroatoms. The third-order valence-corrected chi connectivity index (χ3v) is 7.57. The molecular formula is C16H23N3O3S3. The minimum absolute atomic E-state index is 0.0356. The van der Waals surface area contributed by atoms with Crippen molar-refractivity contribution in [2.45, 2.75) is 51.2 Å². The molecule has 2 aromatic heterocycles. The second-order valence-electron chi connectivity index (χ2n) is 6.54. The molecular weight excluding hydrogens is 378 g/mol. The zero-order chi connectivity index (χ0) is 18.2. The summed E-state index contributed by atoms with van der Waals surface area (Å²) in [6.07, 6.45) is 3.55. The normalized spacial score (nSPS) is 17.8. The van der Waals surface area contributed by atoms with Gasteiger partial charge in [0.05, 0.1) is 11.1 Å². The first-order chi connectivity index (χ1) is 11.8. The Bertz CT molecular complexity index is 947. The summed E-state index contributed by atoms with van der Waals surface area (Å²) in [5, 5.41) is 6.49. The SMILES string of the molecule is CCn1c(SCCCS(N)(=O)=O)nc2sc3c(c2c1=O)CCC(C)C3. The molecule has 0 amide bonds. The summed E-state index contributed by atoms with van der Waals surface area (Å²) in [6, 6.07) is 0. The Morgan fingerprint density at radius 1 is 1.44 bits per heavy atom. The van der Waals surface area contributed by atoms with Crippen LogP contribution in [0.5, 0.6) is 0 Å². The summed E-state index contributed by atoms with van der Waals surface area (Å²) in [7, 11) is -3.44. The van der Waals surface area contributed by atoms with Gasteiger partial charge in [-0.2, -0.15) is 0 Å². The van der Waals surface area contributed by atoms with Crippen LogP contribution in [0.15, 0.2) is 9.95 Å². The molecule has 0 saturated carbocycles. The van der Waals surface area contributed by atoms with Gasteiger partial charge in [0.2, 0.25) is 10.0 Å². The van der Waals surface area contributed by atoms with Crippen molar-refractivity contribution in [2.75, 3.05) is 11.5 Å². The van der Waals surface area contributed by atoms with Gasteiger partial charge in [0.15, 0.2) is 5.16 Å². The summed E-state index contributed by atoms with van der Waals surface area (Å²) in [6.45, 7) is 4.74. The van der Waals surface area contributed by atoms with Crippen molar-refractivity contribution in [1.29, 1.82) is 0 Å². The van der Waals surface area contributed by atoms with Gasteiger partial charge in [0, 0.05) is 17.2 Å². The first-order valence-corrected chi connectivity index (χ1v) is 12.0. The number of aryl methyl sites for hydroxylation is 1. The Labute approximate surface area is 155 Å². The third-order valence-electron chi connectivity index (χ3n) is 4.50. The molecule has 0 aromatic carbocycles. The van der Waals surface area contributed by atoms with Gasteiger partial charge >= 0.3 is 0 Å². The van der Waals surface area contributed by atoms with Crippen LogP contribution in [0.1, 0.15) is 37.1 Å². The number of nitrogens with zero attached hydrogens (tertiary/aromatic N) is 2. The van der Waals surface area contributed by atoms with E-state index in [1.807, 2.05) is 6.92 Å². The van der Waals surface area contributed by atoms with Gasteiger partial charge in [0.1, 0.15) is 4.83 Å². The van der Waals surface area contributed by atoms with Crippen LogP contribution >= 0.6 is 23.1 Å². The van der Waals surface area contributed by atoms with E-state index in [2.05, 4.69) is 6.92 Å². The number of hydrogen-bond acceptors (Lipinski definition) is 6. The Morgan fingerprint density at radius 3 is 2.88 bits per heavy atom. The van der Waals surface area contributed by atoms with E-state index in [9.17, 15) is 13.2 Å². The maximum absolute atomic E-state index is 13.0. The van der Waals surface area contributed by atoms with Crippen molar-refractivity contribution in [3.63, 3.8) is 0 Å². The number of fused-ring (bicyclic) bond motifs is 3. The molecule has 3 rings (SSSR count).